The fourth-order valence-corrected chi connectivity index (χ4v) is 5.65. The summed E-state index contributed by atoms with van der Waals surface area (Å²) >= 11 is 0. The summed E-state index contributed by atoms with van der Waals surface area (Å²) in [6.45, 7) is 0.742. The van der Waals surface area contributed by atoms with Crippen molar-refractivity contribution in [3.05, 3.63) is 53.6 Å². The summed E-state index contributed by atoms with van der Waals surface area (Å²) in [5.41, 5.74) is 6.43. The molecule has 0 saturated heterocycles. The topological polar surface area (TPSA) is 46.2 Å². The minimum atomic E-state index is -2.93. The Kier molecular flexibility index (Phi) is 3.68. The van der Waals surface area contributed by atoms with Crippen LogP contribution >= 0.6 is 0 Å². The third kappa shape index (κ3) is 2.95. The first-order valence-corrected chi connectivity index (χ1v) is 10.6. The lowest BCUT2D eigenvalue weighted by Gasteiger charge is -2.41. The summed E-state index contributed by atoms with van der Waals surface area (Å²) in [6.07, 6.45) is 5.47. The Bertz CT molecular complexity index is 882. The summed E-state index contributed by atoms with van der Waals surface area (Å²) in [6, 6.07) is 15.1. The van der Waals surface area contributed by atoms with Gasteiger partial charge in [0, 0.05) is 23.9 Å². The number of rotatable bonds is 5. The van der Waals surface area contributed by atoms with Crippen LogP contribution in [0, 0.1) is 5.41 Å². The predicted octanol–water partition coefficient (Wildman–Crippen LogP) is 3.88. The van der Waals surface area contributed by atoms with E-state index in [1.165, 1.54) is 28.5 Å². The van der Waals surface area contributed by atoms with Crippen molar-refractivity contribution in [2.45, 2.75) is 25.7 Å². The zero-order chi connectivity index (χ0) is 16.8. The van der Waals surface area contributed by atoms with E-state index in [1.54, 1.807) is 0 Å². The van der Waals surface area contributed by atoms with Crippen LogP contribution in [0.5, 0.6) is 0 Å². The maximum Gasteiger partial charge on any atom is 0.148 e. The highest BCUT2D eigenvalue weighted by Crippen LogP contribution is 2.43. The van der Waals surface area contributed by atoms with Crippen LogP contribution in [0.2, 0.25) is 0 Å². The number of benzene rings is 2. The quantitative estimate of drug-likeness (QED) is 0.766. The molecule has 0 amide bonds. The zero-order valence-electron chi connectivity index (χ0n) is 14.0. The number of hydrogen-bond acceptors (Lipinski definition) is 3. The van der Waals surface area contributed by atoms with Gasteiger partial charge in [-0.15, -0.1) is 0 Å². The molecule has 1 fully saturated rings. The van der Waals surface area contributed by atoms with Gasteiger partial charge in [-0.1, -0.05) is 36.8 Å². The molecule has 0 aliphatic heterocycles. The van der Waals surface area contributed by atoms with Crippen molar-refractivity contribution < 1.29 is 8.42 Å². The molecular weight excluding hydrogens is 318 g/mol. The van der Waals surface area contributed by atoms with Gasteiger partial charge in [-0.2, -0.15) is 0 Å². The Labute approximate surface area is 144 Å². The van der Waals surface area contributed by atoms with E-state index in [9.17, 15) is 8.42 Å². The van der Waals surface area contributed by atoms with Crippen LogP contribution in [0.3, 0.4) is 0 Å². The maximum absolute atomic E-state index is 11.7. The molecule has 0 radical (unpaired) electrons. The highest BCUT2D eigenvalue weighted by molar-refractivity contribution is 7.90. The van der Waals surface area contributed by atoms with Crippen molar-refractivity contribution in [3.8, 4) is 11.1 Å². The number of hydrogen-bond donors (Lipinski definition) is 1. The maximum atomic E-state index is 11.7. The smallest absolute Gasteiger partial charge is 0.148 e. The average molecular weight is 341 g/mol. The van der Waals surface area contributed by atoms with Gasteiger partial charge in [-0.3, -0.25) is 0 Å². The molecule has 24 heavy (non-hydrogen) atoms. The van der Waals surface area contributed by atoms with E-state index in [4.69, 9.17) is 0 Å². The molecule has 1 N–H and O–H groups in total. The Morgan fingerprint density at radius 2 is 1.79 bits per heavy atom. The van der Waals surface area contributed by atoms with Crippen LogP contribution in [0.1, 0.15) is 30.4 Å². The molecular formula is C20H23NO2S. The van der Waals surface area contributed by atoms with Crippen LogP contribution < -0.4 is 5.32 Å². The lowest BCUT2D eigenvalue weighted by Crippen LogP contribution is -2.42. The molecule has 2 aliphatic carbocycles. The second-order valence-corrected chi connectivity index (χ2v) is 9.62. The summed E-state index contributed by atoms with van der Waals surface area (Å²) in [4.78, 5) is 0. The first-order chi connectivity index (χ1) is 11.4. The Balaban J connectivity index is 1.50. The molecule has 2 aromatic rings. The summed E-state index contributed by atoms with van der Waals surface area (Å²) in [5.74, 6) is 0.295. The van der Waals surface area contributed by atoms with Crippen molar-refractivity contribution in [3.63, 3.8) is 0 Å². The van der Waals surface area contributed by atoms with Gasteiger partial charge in [0.15, 0.2) is 0 Å². The fourth-order valence-electron chi connectivity index (χ4n) is 4.15. The third-order valence-corrected chi connectivity index (χ3v) is 6.58. The van der Waals surface area contributed by atoms with Crippen LogP contribution in [0.25, 0.3) is 11.1 Å². The Morgan fingerprint density at radius 1 is 1.04 bits per heavy atom. The minimum absolute atomic E-state index is 0.0738. The highest BCUT2D eigenvalue weighted by atomic mass is 32.2. The summed E-state index contributed by atoms with van der Waals surface area (Å²) < 4.78 is 23.4. The van der Waals surface area contributed by atoms with Gasteiger partial charge < -0.3 is 5.32 Å². The minimum Gasteiger partial charge on any atom is -0.384 e. The Hall–Kier alpha value is -1.81. The highest BCUT2D eigenvalue weighted by Gasteiger charge is 2.39. The molecule has 4 heteroatoms. The number of sulfone groups is 1. The molecule has 0 aromatic heterocycles. The van der Waals surface area contributed by atoms with Crippen LogP contribution in [0.15, 0.2) is 42.5 Å². The van der Waals surface area contributed by atoms with E-state index in [0.29, 0.717) is 5.75 Å². The van der Waals surface area contributed by atoms with Crippen molar-refractivity contribution >= 4 is 15.5 Å². The fraction of sp³-hybridized carbons (Fsp3) is 0.400. The van der Waals surface area contributed by atoms with Crippen LogP contribution in [-0.4, -0.2) is 27.0 Å². The van der Waals surface area contributed by atoms with Crippen LogP contribution in [0.4, 0.5) is 5.69 Å². The average Bonchev–Trinajstić information content (AvgIpc) is 2.86. The number of fused-ring (bicyclic) bond motifs is 3. The van der Waals surface area contributed by atoms with Crippen LogP contribution in [-0.2, 0) is 16.3 Å². The molecule has 3 nitrogen and oxygen atoms in total. The molecule has 2 aromatic carbocycles. The first kappa shape index (κ1) is 15.7. The number of nitrogens with one attached hydrogen (secondary N) is 1. The van der Waals surface area contributed by atoms with E-state index in [2.05, 4.69) is 47.8 Å². The molecule has 126 valence electrons. The van der Waals surface area contributed by atoms with Gasteiger partial charge in [0.1, 0.15) is 9.84 Å². The lowest BCUT2D eigenvalue weighted by atomic mass is 9.70. The standard InChI is InChI=1S/C20H23NO2S/c1-24(22,23)14-20(9-4-10-20)13-21-17-7-8-19-16(12-17)11-15-5-2-3-6-18(15)19/h2-3,5-8,12,21H,4,9-11,13-14H2,1H3. The van der Waals surface area contributed by atoms with Gasteiger partial charge in [-0.25, -0.2) is 8.42 Å². The second kappa shape index (κ2) is 5.62. The molecule has 0 spiro atoms. The largest absolute Gasteiger partial charge is 0.384 e. The monoisotopic (exact) mass is 341 g/mol. The van der Waals surface area contributed by atoms with E-state index < -0.39 is 9.84 Å². The zero-order valence-corrected chi connectivity index (χ0v) is 14.8. The summed E-state index contributed by atoms with van der Waals surface area (Å²) in [7, 11) is -2.93. The third-order valence-electron chi connectivity index (χ3n) is 5.44. The first-order valence-electron chi connectivity index (χ1n) is 8.57. The van der Waals surface area contributed by atoms with Gasteiger partial charge in [0.25, 0.3) is 0 Å². The molecule has 0 atom stereocenters. The van der Waals surface area contributed by atoms with Crippen molar-refractivity contribution in [2.24, 2.45) is 5.41 Å². The molecule has 4 rings (SSSR count). The van der Waals surface area contributed by atoms with Gasteiger partial charge >= 0.3 is 0 Å². The van der Waals surface area contributed by atoms with Gasteiger partial charge in [0.2, 0.25) is 0 Å². The van der Waals surface area contributed by atoms with Gasteiger partial charge in [-0.05, 0) is 53.6 Å². The molecule has 0 heterocycles. The van der Waals surface area contributed by atoms with Gasteiger partial charge in [0.05, 0.1) is 5.75 Å². The van der Waals surface area contributed by atoms with Crippen molar-refractivity contribution in [2.75, 3.05) is 23.9 Å². The molecule has 1 saturated carbocycles. The lowest BCUT2D eigenvalue weighted by molar-refractivity contribution is 0.183. The normalized spacial score (nSPS) is 17.7. The SMILES string of the molecule is CS(=O)(=O)CC1(CNc2ccc3c(c2)Cc2ccccc2-3)CCC1. The van der Waals surface area contributed by atoms with E-state index in [0.717, 1.165) is 37.9 Å². The molecule has 2 aliphatic rings. The Morgan fingerprint density at radius 3 is 2.50 bits per heavy atom. The van der Waals surface area contributed by atoms with Crippen molar-refractivity contribution in [1.29, 1.82) is 0 Å². The summed E-state index contributed by atoms with van der Waals surface area (Å²) in [5, 5.41) is 3.50. The van der Waals surface area contributed by atoms with Crippen molar-refractivity contribution in [1.82, 2.24) is 0 Å². The van der Waals surface area contributed by atoms with E-state index in [1.807, 2.05) is 0 Å². The van der Waals surface area contributed by atoms with E-state index in [-0.39, 0.29) is 5.41 Å². The number of anilines is 1. The second-order valence-electron chi connectivity index (χ2n) is 7.48. The van der Waals surface area contributed by atoms with E-state index >= 15 is 0 Å². The predicted molar refractivity (Wildman–Crippen MR) is 99.2 cm³/mol. The molecule has 0 bridgehead atoms. The molecule has 0 unspecified atom stereocenters.